The van der Waals surface area contributed by atoms with E-state index in [1.165, 1.54) is 23.1 Å². The van der Waals surface area contributed by atoms with Crippen LogP contribution in [-0.2, 0) is 9.53 Å². The summed E-state index contributed by atoms with van der Waals surface area (Å²) in [6.07, 6.45) is 0.202. The minimum atomic E-state index is -1.75. The predicted octanol–water partition coefficient (Wildman–Crippen LogP) is 0.742. The molecule has 2 fully saturated rings. The van der Waals surface area contributed by atoms with E-state index in [9.17, 15) is 19.1 Å². The van der Waals surface area contributed by atoms with E-state index in [0.29, 0.717) is 31.0 Å². The van der Waals surface area contributed by atoms with Gasteiger partial charge in [0.1, 0.15) is 5.82 Å². The summed E-state index contributed by atoms with van der Waals surface area (Å²) < 4.78 is 19.7. The van der Waals surface area contributed by atoms with Crippen LogP contribution in [0.25, 0.3) is 11.3 Å². The van der Waals surface area contributed by atoms with Gasteiger partial charge in [-0.25, -0.2) is 9.37 Å². The van der Waals surface area contributed by atoms with Crippen LogP contribution in [-0.4, -0.2) is 65.3 Å². The number of benzene rings is 1. The summed E-state index contributed by atoms with van der Waals surface area (Å²) in [5.41, 5.74) is 4.88. The molecule has 2 amide bonds. The van der Waals surface area contributed by atoms with Gasteiger partial charge >= 0.3 is 0 Å². The molecule has 0 aliphatic carbocycles. The van der Waals surface area contributed by atoms with Crippen molar-refractivity contribution in [1.82, 2.24) is 9.88 Å². The summed E-state index contributed by atoms with van der Waals surface area (Å²) in [4.78, 5) is 29.6. The lowest BCUT2D eigenvalue weighted by molar-refractivity contribution is -0.137. The second-order valence-corrected chi connectivity index (χ2v) is 7.62. The molecule has 1 atom stereocenters. The Kier molecular flexibility index (Phi) is 5.35. The Morgan fingerprint density at radius 3 is 2.77 bits per heavy atom. The van der Waals surface area contributed by atoms with Gasteiger partial charge < -0.3 is 25.8 Å². The van der Waals surface area contributed by atoms with Gasteiger partial charge in [-0.15, -0.1) is 0 Å². The second kappa shape index (κ2) is 7.98. The lowest BCUT2D eigenvalue weighted by atomic mass is 10.0. The number of pyridine rings is 1. The van der Waals surface area contributed by atoms with Crippen molar-refractivity contribution in [2.75, 3.05) is 32.1 Å². The molecular weight excluding hydrogens is 403 g/mol. The van der Waals surface area contributed by atoms with Crippen molar-refractivity contribution in [3.8, 4) is 23.1 Å². The van der Waals surface area contributed by atoms with Crippen LogP contribution < -0.4 is 11.1 Å². The number of rotatable bonds is 4. The van der Waals surface area contributed by atoms with Gasteiger partial charge in [0.15, 0.2) is 5.69 Å². The first-order chi connectivity index (χ1) is 14.8. The number of likely N-dealkylation sites (tertiary alicyclic amines) is 1. The maximum Gasteiger partial charge on any atom is 0.269 e. The van der Waals surface area contributed by atoms with Crippen LogP contribution in [0.1, 0.15) is 22.5 Å². The molecule has 0 radical (unpaired) electrons. The quantitative estimate of drug-likeness (QED) is 0.624. The minimum absolute atomic E-state index is 0.00538. The fourth-order valence-corrected chi connectivity index (χ4v) is 3.40. The molecule has 3 heterocycles. The molecule has 2 aromatic rings. The largest absolute Gasteiger partial charge is 0.377 e. The molecule has 1 unspecified atom stereocenters. The molecule has 1 aromatic heterocycles. The van der Waals surface area contributed by atoms with Gasteiger partial charge in [-0.05, 0) is 30.3 Å². The smallest absolute Gasteiger partial charge is 0.269 e. The van der Waals surface area contributed by atoms with Crippen LogP contribution in [0.15, 0.2) is 30.3 Å². The number of halogens is 1. The highest BCUT2D eigenvalue weighted by atomic mass is 19.1. The first kappa shape index (κ1) is 20.8. The molecule has 2 saturated heterocycles. The van der Waals surface area contributed by atoms with Crippen molar-refractivity contribution in [2.45, 2.75) is 18.1 Å². The van der Waals surface area contributed by atoms with Crippen molar-refractivity contribution in [2.24, 2.45) is 5.73 Å². The van der Waals surface area contributed by atoms with Gasteiger partial charge in [-0.2, -0.15) is 0 Å². The van der Waals surface area contributed by atoms with Crippen molar-refractivity contribution < 1.29 is 23.8 Å². The average Bonchev–Trinajstić information content (AvgIpc) is 2.98. The first-order valence-electron chi connectivity index (χ1n) is 9.73. The number of nitrogens with zero attached hydrogens (tertiary/aromatic N) is 2. The summed E-state index contributed by atoms with van der Waals surface area (Å²) >= 11 is 0. The minimum Gasteiger partial charge on any atom is -0.377 e. The van der Waals surface area contributed by atoms with Crippen LogP contribution in [0, 0.1) is 17.7 Å². The Bertz CT molecular complexity index is 1120. The number of aliphatic hydroxyl groups is 1. The number of amides is 2. The third kappa shape index (κ3) is 4.08. The van der Waals surface area contributed by atoms with E-state index in [4.69, 9.17) is 10.5 Å². The topological polar surface area (TPSA) is 118 Å². The number of hydrogen-bond donors (Lipinski definition) is 3. The molecular formula is C22H21FN4O4. The Hall–Kier alpha value is -3.48. The van der Waals surface area contributed by atoms with Crippen molar-refractivity contribution in [3.05, 3.63) is 47.4 Å². The maximum atomic E-state index is 14.5. The number of aromatic nitrogens is 1. The van der Waals surface area contributed by atoms with Gasteiger partial charge in [-0.3, -0.25) is 9.59 Å². The molecule has 1 aromatic carbocycles. The van der Waals surface area contributed by atoms with E-state index in [0.717, 1.165) is 0 Å². The molecule has 31 heavy (non-hydrogen) atoms. The lowest BCUT2D eigenvalue weighted by Gasteiger charge is -2.28. The van der Waals surface area contributed by atoms with Gasteiger partial charge in [-0.1, -0.05) is 11.8 Å². The summed E-state index contributed by atoms with van der Waals surface area (Å²) in [6, 6.07) is 7.37. The molecule has 2 aliphatic rings. The number of hydrogen-bond acceptors (Lipinski definition) is 6. The molecule has 0 spiro atoms. The van der Waals surface area contributed by atoms with Gasteiger partial charge in [0.2, 0.25) is 5.60 Å². The SMILES string of the molecule is CN1CCC(O)(C#Cc2ccc(F)c(-c3ccc(NC4COC4)c(C(N)=O)n3)c2)C1=O. The van der Waals surface area contributed by atoms with Crippen LogP contribution in [0.3, 0.4) is 0 Å². The van der Waals surface area contributed by atoms with Crippen molar-refractivity contribution >= 4 is 17.5 Å². The zero-order valence-electron chi connectivity index (χ0n) is 16.8. The number of ether oxygens (including phenoxy) is 1. The van der Waals surface area contributed by atoms with Gasteiger partial charge in [0.25, 0.3) is 11.8 Å². The number of nitrogens with one attached hydrogen (secondary N) is 1. The third-order valence-electron chi connectivity index (χ3n) is 5.29. The number of carbonyl (C=O) groups excluding carboxylic acids is 2. The predicted molar refractivity (Wildman–Crippen MR) is 110 cm³/mol. The number of anilines is 1. The number of nitrogens with two attached hydrogens (primary N) is 1. The summed E-state index contributed by atoms with van der Waals surface area (Å²) in [5.74, 6) is 3.58. The van der Waals surface area contributed by atoms with Gasteiger partial charge in [0, 0.05) is 31.1 Å². The maximum absolute atomic E-state index is 14.5. The first-order valence-corrected chi connectivity index (χ1v) is 9.73. The Labute approximate surface area is 178 Å². The van der Waals surface area contributed by atoms with Crippen molar-refractivity contribution in [3.63, 3.8) is 0 Å². The average molecular weight is 424 g/mol. The monoisotopic (exact) mass is 424 g/mol. The van der Waals surface area contributed by atoms with Crippen LogP contribution >= 0.6 is 0 Å². The molecule has 4 N–H and O–H groups in total. The van der Waals surface area contributed by atoms with Crippen LogP contribution in [0.4, 0.5) is 10.1 Å². The zero-order chi connectivity index (χ0) is 22.2. The molecule has 160 valence electrons. The highest BCUT2D eigenvalue weighted by molar-refractivity contribution is 5.97. The van der Waals surface area contributed by atoms with Crippen LogP contribution in [0.5, 0.6) is 0 Å². The summed E-state index contributed by atoms with van der Waals surface area (Å²) in [7, 11) is 1.59. The molecule has 4 rings (SSSR count). The lowest BCUT2D eigenvalue weighted by Crippen LogP contribution is -2.40. The van der Waals surface area contributed by atoms with E-state index < -0.39 is 23.2 Å². The zero-order valence-corrected chi connectivity index (χ0v) is 16.8. The normalized spacial score (nSPS) is 20.7. The summed E-state index contributed by atoms with van der Waals surface area (Å²) in [5, 5.41) is 13.6. The van der Waals surface area contributed by atoms with E-state index >= 15 is 0 Å². The van der Waals surface area contributed by atoms with Crippen LogP contribution in [0.2, 0.25) is 0 Å². The van der Waals surface area contributed by atoms with Crippen molar-refractivity contribution in [1.29, 1.82) is 0 Å². The highest BCUT2D eigenvalue weighted by Gasteiger charge is 2.42. The second-order valence-electron chi connectivity index (χ2n) is 7.62. The molecule has 8 nitrogen and oxygen atoms in total. The number of carbonyl (C=O) groups is 2. The molecule has 2 aliphatic heterocycles. The third-order valence-corrected chi connectivity index (χ3v) is 5.29. The number of likely N-dealkylation sites (N-methyl/N-ethyl adjacent to an activating group) is 1. The van der Waals surface area contributed by atoms with E-state index in [-0.39, 0.29) is 29.4 Å². The van der Waals surface area contributed by atoms with E-state index in [1.807, 2.05) is 0 Å². The molecule has 9 heteroatoms. The molecule has 0 bridgehead atoms. The number of primary amides is 1. The fourth-order valence-electron chi connectivity index (χ4n) is 3.40. The Morgan fingerprint density at radius 2 is 2.16 bits per heavy atom. The summed E-state index contributed by atoms with van der Waals surface area (Å²) in [6.45, 7) is 1.44. The van der Waals surface area contributed by atoms with Gasteiger partial charge in [0.05, 0.1) is 30.6 Å². The standard InChI is InChI=1S/C22H21FN4O4/c1-27-9-8-22(30,21(27)29)7-6-13-2-3-16(23)15(10-13)17-4-5-18(19(26-17)20(24)28)25-14-11-31-12-14/h2-5,10,14,25,30H,8-9,11-12H2,1H3,(H2,24,28). The molecule has 0 saturated carbocycles. The highest BCUT2D eigenvalue weighted by Crippen LogP contribution is 2.27. The van der Waals surface area contributed by atoms with E-state index in [1.54, 1.807) is 19.2 Å². The Morgan fingerprint density at radius 1 is 1.39 bits per heavy atom. The Balaban J connectivity index is 1.66. The van der Waals surface area contributed by atoms with E-state index in [2.05, 4.69) is 22.1 Å². The fraction of sp³-hybridized carbons (Fsp3) is 0.318.